The maximum atomic E-state index is 11.9. The Balaban J connectivity index is 2.41. The first-order chi connectivity index (χ1) is 9.12. The lowest BCUT2D eigenvalue weighted by Gasteiger charge is -2.35. The minimum absolute atomic E-state index is 0.00859. The average Bonchev–Trinajstić information content (AvgIpc) is 2.44. The Bertz CT molecular complexity index is 319. The number of carbonyl (C=O) groups excluding carboxylic acids is 1. The van der Waals surface area contributed by atoms with E-state index < -0.39 is 5.54 Å². The summed E-state index contributed by atoms with van der Waals surface area (Å²) in [6.07, 6.45) is 7.87. The SMILES string of the molecule is COCCCCC(=O)N[C@](C)(C#N)C1CCCCC1. The predicted molar refractivity (Wildman–Crippen MR) is 74.5 cm³/mol. The number of hydrogen-bond donors (Lipinski definition) is 1. The van der Waals surface area contributed by atoms with Crippen LogP contribution in [0, 0.1) is 17.2 Å². The molecule has 0 aromatic heterocycles. The predicted octanol–water partition coefficient (Wildman–Crippen LogP) is 2.78. The lowest BCUT2D eigenvalue weighted by molar-refractivity contribution is -0.123. The van der Waals surface area contributed by atoms with Gasteiger partial charge in [-0.05, 0) is 38.5 Å². The topological polar surface area (TPSA) is 62.1 Å². The maximum Gasteiger partial charge on any atom is 0.221 e. The minimum atomic E-state index is -0.696. The Kier molecular flexibility index (Phi) is 6.86. The van der Waals surface area contributed by atoms with Crippen LogP contribution < -0.4 is 5.32 Å². The molecule has 0 aromatic rings. The highest BCUT2D eigenvalue weighted by molar-refractivity contribution is 5.77. The molecule has 1 rings (SSSR count). The Hall–Kier alpha value is -1.08. The van der Waals surface area contributed by atoms with Crippen LogP contribution in [0.3, 0.4) is 0 Å². The van der Waals surface area contributed by atoms with E-state index in [0.29, 0.717) is 18.9 Å². The molecular weight excluding hydrogens is 240 g/mol. The van der Waals surface area contributed by atoms with Crippen LogP contribution in [0.4, 0.5) is 0 Å². The summed E-state index contributed by atoms with van der Waals surface area (Å²) in [6.45, 7) is 2.56. The van der Waals surface area contributed by atoms with E-state index in [1.54, 1.807) is 7.11 Å². The fraction of sp³-hybridized carbons (Fsp3) is 0.867. The Morgan fingerprint density at radius 2 is 2.05 bits per heavy atom. The van der Waals surface area contributed by atoms with Crippen LogP contribution in [-0.2, 0) is 9.53 Å². The number of ether oxygens (including phenoxy) is 1. The zero-order chi connectivity index (χ0) is 14.1. The fourth-order valence-electron chi connectivity index (χ4n) is 2.79. The van der Waals surface area contributed by atoms with Crippen molar-refractivity contribution in [2.45, 2.75) is 63.8 Å². The van der Waals surface area contributed by atoms with Gasteiger partial charge in [0.15, 0.2) is 0 Å². The first-order valence-corrected chi connectivity index (χ1v) is 7.33. The Morgan fingerprint density at radius 1 is 1.37 bits per heavy atom. The van der Waals surface area contributed by atoms with E-state index in [0.717, 1.165) is 25.7 Å². The van der Waals surface area contributed by atoms with E-state index in [1.807, 2.05) is 6.92 Å². The Labute approximate surface area is 116 Å². The van der Waals surface area contributed by atoms with Gasteiger partial charge >= 0.3 is 0 Å². The molecule has 0 heterocycles. The molecule has 108 valence electrons. The van der Waals surface area contributed by atoms with Gasteiger partial charge in [0.2, 0.25) is 5.91 Å². The first kappa shape index (κ1) is 16.0. The molecule has 0 aliphatic heterocycles. The van der Waals surface area contributed by atoms with Crippen molar-refractivity contribution in [2.24, 2.45) is 5.92 Å². The van der Waals surface area contributed by atoms with Gasteiger partial charge in [-0.3, -0.25) is 4.79 Å². The van der Waals surface area contributed by atoms with Gasteiger partial charge in [0.05, 0.1) is 6.07 Å². The molecule has 0 saturated heterocycles. The molecule has 4 nitrogen and oxygen atoms in total. The molecule has 1 saturated carbocycles. The number of amides is 1. The summed E-state index contributed by atoms with van der Waals surface area (Å²) in [7, 11) is 1.66. The van der Waals surface area contributed by atoms with E-state index >= 15 is 0 Å². The molecule has 1 aliphatic carbocycles. The van der Waals surface area contributed by atoms with Crippen molar-refractivity contribution >= 4 is 5.91 Å². The number of nitriles is 1. The van der Waals surface area contributed by atoms with Crippen molar-refractivity contribution in [3.8, 4) is 6.07 Å². The third-order valence-corrected chi connectivity index (χ3v) is 4.06. The highest BCUT2D eigenvalue weighted by atomic mass is 16.5. The summed E-state index contributed by atoms with van der Waals surface area (Å²) in [5.41, 5.74) is -0.696. The summed E-state index contributed by atoms with van der Waals surface area (Å²) in [5, 5.41) is 12.4. The number of nitrogens with zero attached hydrogens (tertiary/aromatic N) is 1. The number of methoxy groups -OCH3 is 1. The van der Waals surface area contributed by atoms with Crippen LogP contribution in [0.25, 0.3) is 0 Å². The number of hydrogen-bond acceptors (Lipinski definition) is 3. The molecule has 0 spiro atoms. The molecule has 0 bridgehead atoms. The van der Waals surface area contributed by atoms with Crippen LogP contribution in [0.2, 0.25) is 0 Å². The molecule has 1 aliphatic rings. The number of unbranched alkanes of at least 4 members (excludes halogenated alkanes) is 1. The summed E-state index contributed by atoms with van der Waals surface area (Å²) < 4.78 is 4.96. The summed E-state index contributed by atoms with van der Waals surface area (Å²) in [4.78, 5) is 11.9. The minimum Gasteiger partial charge on any atom is -0.385 e. The van der Waals surface area contributed by atoms with Gasteiger partial charge in [-0.25, -0.2) is 0 Å². The summed E-state index contributed by atoms with van der Waals surface area (Å²) in [5.74, 6) is 0.292. The number of rotatable bonds is 7. The molecule has 19 heavy (non-hydrogen) atoms. The van der Waals surface area contributed by atoms with Crippen LogP contribution in [0.15, 0.2) is 0 Å². The van der Waals surface area contributed by atoms with Gasteiger partial charge in [0.1, 0.15) is 5.54 Å². The highest BCUT2D eigenvalue weighted by Crippen LogP contribution is 2.32. The summed E-state index contributed by atoms with van der Waals surface area (Å²) in [6, 6.07) is 2.32. The van der Waals surface area contributed by atoms with Gasteiger partial charge < -0.3 is 10.1 Å². The second-order valence-corrected chi connectivity index (χ2v) is 5.65. The normalized spacial score (nSPS) is 19.4. The molecule has 1 atom stereocenters. The number of carbonyl (C=O) groups is 1. The third kappa shape index (κ3) is 5.20. The molecule has 0 radical (unpaired) electrons. The van der Waals surface area contributed by atoms with Crippen molar-refractivity contribution in [3.63, 3.8) is 0 Å². The largest absolute Gasteiger partial charge is 0.385 e. The third-order valence-electron chi connectivity index (χ3n) is 4.06. The quantitative estimate of drug-likeness (QED) is 0.721. The molecule has 1 fully saturated rings. The van der Waals surface area contributed by atoms with Crippen LogP contribution in [0.1, 0.15) is 58.3 Å². The molecule has 1 amide bonds. The standard InChI is InChI=1S/C15H26N2O2/c1-15(12-16,13-8-4-3-5-9-13)17-14(18)10-6-7-11-19-2/h13H,3-11H2,1-2H3,(H,17,18)/t15-/m1/s1. The summed E-state index contributed by atoms with van der Waals surface area (Å²) >= 11 is 0. The Morgan fingerprint density at radius 3 is 2.63 bits per heavy atom. The second kappa shape index (κ2) is 8.16. The zero-order valence-electron chi connectivity index (χ0n) is 12.2. The van der Waals surface area contributed by atoms with Gasteiger partial charge in [-0.2, -0.15) is 5.26 Å². The molecular formula is C15H26N2O2. The lowest BCUT2D eigenvalue weighted by atomic mass is 9.76. The second-order valence-electron chi connectivity index (χ2n) is 5.65. The zero-order valence-corrected chi connectivity index (χ0v) is 12.2. The van der Waals surface area contributed by atoms with E-state index in [4.69, 9.17) is 4.74 Å². The molecule has 4 heteroatoms. The van der Waals surface area contributed by atoms with Crippen molar-refractivity contribution in [3.05, 3.63) is 0 Å². The van der Waals surface area contributed by atoms with Gasteiger partial charge in [-0.15, -0.1) is 0 Å². The molecule has 0 unspecified atom stereocenters. The van der Waals surface area contributed by atoms with Crippen molar-refractivity contribution in [2.75, 3.05) is 13.7 Å². The van der Waals surface area contributed by atoms with E-state index in [-0.39, 0.29) is 5.91 Å². The van der Waals surface area contributed by atoms with Crippen LogP contribution in [-0.4, -0.2) is 25.2 Å². The lowest BCUT2D eigenvalue weighted by Crippen LogP contribution is -2.51. The highest BCUT2D eigenvalue weighted by Gasteiger charge is 2.36. The first-order valence-electron chi connectivity index (χ1n) is 7.33. The van der Waals surface area contributed by atoms with E-state index in [2.05, 4.69) is 11.4 Å². The number of nitrogens with one attached hydrogen (secondary N) is 1. The van der Waals surface area contributed by atoms with Crippen LogP contribution >= 0.6 is 0 Å². The maximum absolute atomic E-state index is 11.9. The monoisotopic (exact) mass is 266 g/mol. The molecule has 0 aromatic carbocycles. The van der Waals surface area contributed by atoms with E-state index in [9.17, 15) is 10.1 Å². The average molecular weight is 266 g/mol. The molecule has 1 N–H and O–H groups in total. The fourth-order valence-corrected chi connectivity index (χ4v) is 2.79. The van der Waals surface area contributed by atoms with Gasteiger partial charge in [0.25, 0.3) is 0 Å². The van der Waals surface area contributed by atoms with Crippen molar-refractivity contribution < 1.29 is 9.53 Å². The van der Waals surface area contributed by atoms with Crippen LogP contribution in [0.5, 0.6) is 0 Å². The van der Waals surface area contributed by atoms with Crippen molar-refractivity contribution in [1.82, 2.24) is 5.32 Å². The van der Waals surface area contributed by atoms with Gasteiger partial charge in [-0.1, -0.05) is 19.3 Å². The van der Waals surface area contributed by atoms with Gasteiger partial charge in [0, 0.05) is 20.1 Å². The smallest absolute Gasteiger partial charge is 0.221 e. The van der Waals surface area contributed by atoms with E-state index in [1.165, 1.54) is 19.3 Å². The van der Waals surface area contributed by atoms with Crippen molar-refractivity contribution in [1.29, 1.82) is 5.26 Å².